The molecule has 4 nitrogen and oxygen atoms in total. The number of carbonyl (C=O) groups is 1. The van der Waals surface area contributed by atoms with E-state index in [1.165, 1.54) is 0 Å². The first kappa shape index (κ1) is 14.6. The standard InChI is InChI=1S/C12H24N2O2S/c1-9(17-3)6-7-13-11(16)14-12(2,8-15)10-4-5-10/h9-10,15H,4-8H2,1-3H3,(H2,13,14,16)/t9-,12-/m1/s1. The molecule has 2 amide bonds. The number of aliphatic hydroxyl groups is 1. The van der Waals surface area contributed by atoms with Gasteiger partial charge in [0.15, 0.2) is 0 Å². The highest BCUT2D eigenvalue weighted by atomic mass is 32.2. The zero-order valence-electron chi connectivity index (χ0n) is 11.0. The van der Waals surface area contributed by atoms with Crippen LogP contribution in [0.1, 0.15) is 33.1 Å². The van der Waals surface area contributed by atoms with Crippen LogP contribution in [0.4, 0.5) is 4.79 Å². The van der Waals surface area contributed by atoms with Crippen LogP contribution in [-0.2, 0) is 0 Å². The minimum Gasteiger partial charge on any atom is -0.394 e. The second-order valence-electron chi connectivity index (χ2n) is 5.07. The van der Waals surface area contributed by atoms with Crippen LogP contribution < -0.4 is 10.6 Å². The summed E-state index contributed by atoms with van der Waals surface area (Å²) >= 11 is 1.80. The van der Waals surface area contributed by atoms with Gasteiger partial charge in [-0.2, -0.15) is 11.8 Å². The molecule has 0 spiro atoms. The smallest absolute Gasteiger partial charge is 0.315 e. The lowest BCUT2D eigenvalue weighted by Gasteiger charge is -2.28. The molecule has 0 aliphatic heterocycles. The van der Waals surface area contributed by atoms with Crippen LogP contribution in [0, 0.1) is 5.92 Å². The zero-order valence-corrected chi connectivity index (χ0v) is 11.8. The minimum atomic E-state index is -0.449. The lowest BCUT2D eigenvalue weighted by molar-refractivity contribution is 0.155. The van der Waals surface area contributed by atoms with Gasteiger partial charge in [0.2, 0.25) is 0 Å². The van der Waals surface area contributed by atoms with E-state index in [9.17, 15) is 9.90 Å². The van der Waals surface area contributed by atoms with Crippen LogP contribution in [0.25, 0.3) is 0 Å². The predicted octanol–water partition coefficient (Wildman–Crippen LogP) is 1.59. The monoisotopic (exact) mass is 260 g/mol. The molecule has 1 fully saturated rings. The third-order valence-electron chi connectivity index (χ3n) is 3.44. The Morgan fingerprint density at radius 3 is 2.71 bits per heavy atom. The Kier molecular flexibility index (Phi) is 5.59. The Labute approximate surface area is 108 Å². The van der Waals surface area contributed by atoms with Crippen molar-refractivity contribution in [3.05, 3.63) is 0 Å². The maximum Gasteiger partial charge on any atom is 0.315 e. The fraction of sp³-hybridized carbons (Fsp3) is 0.917. The summed E-state index contributed by atoms with van der Waals surface area (Å²) < 4.78 is 0. The fourth-order valence-electron chi connectivity index (χ4n) is 1.80. The number of rotatable bonds is 7. The molecule has 5 heteroatoms. The van der Waals surface area contributed by atoms with Gasteiger partial charge in [0.1, 0.15) is 0 Å². The predicted molar refractivity (Wildman–Crippen MR) is 72.3 cm³/mol. The molecule has 1 rings (SSSR count). The summed E-state index contributed by atoms with van der Waals surface area (Å²) in [5.41, 5.74) is -0.449. The molecule has 17 heavy (non-hydrogen) atoms. The second-order valence-corrected chi connectivity index (χ2v) is 6.34. The van der Waals surface area contributed by atoms with Crippen LogP contribution in [-0.4, -0.2) is 41.3 Å². The highest BCUT2D eigenvalue weighted by molar-refractivity contribution is 7.99. The van der Waals surface area contributed by atoms with Crippen molar-refractivity contribution in [3.8, 4) is 0 Å². The maximum absolute atomic E-state index is 11.7. The number of hydrogen-bond donors (Lipinski definition) is 3. The van der Waals surface area contributed by atoms with Gasteiger partial charge in [-0.3, -0.25) is 0 Å². The summed E-state index contributed by atoms with van der Waals surface area (Å²) in [6.45, 7) is 4.74. The summed E-state index contributed by atoms with van der Waals surface area (Å²) in [7, 11) is 0. The largest absolute Gasteiger partial charge is 0.394 e. The zero-order chi connectivity index (χ0) is 12.9. The average molecular weight is 260 g/mol. The first-order chi connectivity index (χ1) is 8.01. The van der Waals surface area contributed by atoms with E-state index in [2.05, 4.69) is 23.8 Å². The summed E-state index contributed by atoms with van der Waals surface area (Å²) in [5, 5.41) is 15.6. The summed E-state index contributed by atoms with van der Waals surface area (Å²) in [6.07, 6.45) is 5.23. The van der Waals surface area contributed by atoms with Crippen molar-refractivity contribution in [2.75, 3.05) is 19.4 Å². The van der Waals surface area contributed by atoms with Gasteiger partial charge in [-0.15, -0.1) is 0 Å². The van der Waals surface area contributed by atoms with Crippen molar-refractivity contribution in [1.82, 2.24) is 10.6 Å². The van der Waals surface area contributed by atoms with E-state index < -0.39 is 5.54 Å². The molecular formula is C12H24N2O2S. The number of hydrogen-bond acceptors (Lipinski definition) is 3. The lowest BCUT2D eigenvalue weighted by Crippen LogP contribution is -2.54. The Hall–Kier alpha value is -0.420. The van der Waals surface area contributed by atoms with Gasteiger partial charge in [-0.1, -0.05) is 6.92 Å². The number of nitrogens with one attached hydrogen (secondary N) is 2. The highest BCUT2D eigenvalue weighted by Crippen LogP contribution is 2.39. The normalized spacial score (nSPS) is 20.5. The van der Waals surface area contributed by atoms with Crippen molar-refractivity contribution >= 4 is 17.8 Å². The van der Waals surface area contributed by atoms with Gasteiger partial charge in [0, 0.05) is 11.8 Å². The van der Waals surface area contributed by atoms with Crippen LogP contribution in [0.2, 0.25) is 0 Å². The Bertz CT molecular complexity index is 259. The number of carbonyl (C=O) groups excluding carboxylic acids is 1. The first-order valence-corrected chi connectivity index (χ1v) is 7.50. The molecule has 1 saturated carbocycles. The quantitative estimate of drug-likeness (QED) is 0.651. The molecule has 0 aromatic heterocycles. The highest BCUT2D eigenvalue weighted by Gasteiger charge is 2.42. The minimum absolute atomic E-state index is 0.00625. The van der Waals surface area contributed by atoms with Gasteiger partial charge >= 0.3 is 6.03 Å². The van der Waals surface area contributed by atoms with E-state index in [1.807, 2.05) is 6.92 Å². The van der Waals surface area contributed by atoms with Crippen LogP contribution in [0.3, 0.4) is 0 Å². The van der Waals surface area contributed by atoms with Crippen molar-refractivity contribution in [2.45, 2.75) is 43.9 Å². The maximum atomic E-state index is 11.7. The molecule has 0 radical (unpaired) electrons. The lowest BCUT2D eigenvalue weighted by atomic mass is 9.97. The Balaban J connectivity index is 2.23. The fourth-order valence-corrected chi connectivity index (χ4v) is 2.16. The molecule has 0 aromatic carbocycles. The van der Waals surface area contributed by atoms with E-state index in [1.54, 1.807) is 11.8 Å². The van der Waals surface area contributed by atoms with Crippen molar-refractivity contribution in [2.24, 2.45) is 5.92 Å². The van der Waals surface area contributed by atoms with E-state index in [0.717, 1.165) is 19.3 Å². The Morgan fingerprint density at radius 2 is 2.24 bits per heavy atom. The molecule has 1 aliphatic carbocycles. The molecule has 0 aromatic rings. The van der Waals surface area contributed by atoms with Gasteiger partial charge < -0.3 is 15.7 Å². The van der Waals surface area contributed by atoms with Gasteiger partial charge in [-0.25, -0.2) is 4.79 Å². The van der Waals surface area contributed by atoms with Gasteiger partial charge in [0.25, 0.3) is 0 Å². The first-order valence-electron chi connectivity index (χ1n) is 6.21. The second kappa shape index (κ2) is 6.50. The van der Waals surface area contributed by atoms with Crippen molar-refractivity contribution in [3.63, 3.8) is 0 Å². The molecule has 1 aliphatic rings. The van der Waals surface area contributed by atoms with E-state index >= 15 is 0 Å². The number of urea groups is 1. The van der Waals surface area contributed by atoms with Crippen LogP contribution in [0.15, 0.2) is 0 Å². The molecule has 2 atom stereocenters. The summed E-state index contributed by atoms with van der Waals surface area (Å²) in [5.74, 6) is 0.434. The molecule has 0 bridgehead atoms. The van der Waals surface area contributed by atoms with Crippen molar-refractivity contribution < 1.29 is 9.90 Å². The molecule has 0 saturated heterocycles. The van der Waals surface area contributed by atoms with E-state index in [-0.39, 0.29) is 12.6 Å². The third-order valence-corrected chi connectivity index (χ3v) is 4.49. The third kappa shape index (κ3) is 4.76. The van der Waals surface area contributed by atoms with Gasteiger partial charge in [-0.05, 0) is 38.4 Å². The SMILES string of the molecule is CS[C@H](C)CCNC(=O)N[C@](C)(CO)C1CC1. The van der Waals surface area contributed by atoms with Crippen LogP contribution >= 0.6 is 11.8 Å². The summed E-state index contributed by atoms with van der Waals surface area (Å²) in [4.78, 5) is 11.7. The number of amides is 2. The molecule has 0 heterocycles. The van der Waals surface area contributed by atoms with E-state index in [0.29, 0.717) is 17.7 Å². The van der Waals surface area contributed by atoms with Crippen LogP contribution in [0.5, 0.6) is 0 Å². The number of thioether (sulfide) groups is 1. The number of aliphatic hydroxyl groups excluding tert-OH is 1. The molecule has 0 unspecified atom stereocenters. The molecule has 100 valence electrons. The molecule has 3 N–H and O–H groups in total. The van der Waals surface area contributed by atoms with Gasteiger partial charge in [0.05, 0.1) is 12.1 Å². The summed E-state index contributed by atoms with van der Waals surface area (Å²) in [6, 6.07) is -0.165. The van der Waals surface area contributed by atoms with E-state index in [4.69, 9.17) is 0 Å². The topological polar surface area (TPSA) is 61.4 Å². The Morgan fingerprint density at radius 1 is 1.59 bits per heavy atom. The van der Waals surface area contributed by atoms with Crippen molar-refractivity contribution in [1.29, 1.82) is 0 Å². The average Bonchev–Trinajstić information content (AvgIpc) is 3.12. The molecular weight excluding hydrogens is 236 g/mol.